The topological polar surface area (TPSA) is 65.1 Å². The lowest BCUT2D eigenvalue weighted by Gasteiger charge is -2.42. The quantitative estimate of drug-likeness (QED) is 0.335. The van der Waals surface area contributed by atoms with Crippen LogP contribution in [-0.2, 0) is 28.0 Å². The average Bonchev–Trinajstić information content (AvgIpc) is 3.68. The molecule has 2 saturated heterocycles. The Hall–Kier alpha value is -3.37. The van der Waals surface area contributed by atoms with E-state index in [1.807, 2.05) is 28.2 Å². The first kappa shape index (κ1) is 32.0. The molecule has 7 nitrogen and oxygen atoms in total. The summed E-state index contributed by atoms with van der Waals surface area (Å²) in [6.07, 6.45) is 2.82. The third kappa shape index (κ3) is 7.12. The molecule has 10 heteroatoms. The van der Waals surface area contributed by atoms with Gasteiger partial charge in [0.2, 0.25) is 5.91 Å². The van der Waals surface area contributed by atoms with Crippen LogP contribution in [-0.4, -0.2) is 65.6 Å². The van der Waals surface area contributed by atoms with Gasteiger partial charge in [0, 0.05) is 50.6 Å². The summed E-state index contributed by atoms with van der Waals surface area (Å²) in [5, 5.41) is 4.85. The van der Waals surface area contributed by atoms with Gasteiger partial charge in [-0.2, -0.15) is 18.2 Å². The minimum absolute atomic E-state index is 0.0467. The molecule has 0 aromatic heterocycles. The fraction of sp³-hybridized carbons (Fsp3) is 0.529. The molecule has 3 aliphatic rings. The van der Waals surface area contributed by atoms with Gasteiger partial charge in [-0.3, -0.25) is 9.63 Å². The van der Waals surface area contributed by atoms with Crippen molar-refractivity contribution in [2.24, 2.45) is 11.8 Å². The standard InChI is InChI=1S/C34H43F3N4O3/c1-3-19-41(32(43)38-22-26-13-15-29(16-14-26)34(35,36)37)30-17-20-40(21-18-30)44-33(28-11-5-4-6-12-28)24-39(23-25(33)2)31(42)27-9-7-8-10-27/h3-6,11-16,25,27,30H,1,7-10,17-24H2,2H3,(H,38,43)/t25-,33+/m0/s1. The van der Waals surface area contributed by atoms with Crippen molar-refractivity contribution in [2.45, 2.75) is 69.8 Å². The Morgan fingerprint density at radius 1 is 1.05 bits per heavy atom. The van der Waals surface area contributed by atoms with Gasteiger partial charge in [0.25, 0.3) is 0 Å². The van der Waals surface area contributed by atoms with E-state index in [2.05, 4.69) is 31.0 Å². The molecule has 3 amide bonds. The lowest BCUT2D eigenvalue weighted by atomic mass is 9.85. The van der Waals surface area contributed by atoms with Gasteiger partial charge in [0.05, 0.1) is 12.1 Å². The van der Waals surface area contributed by atoms with Crippen LogP contribution in [0.15, 0.2) is 67.3 Å². The minimum Gasteiger partial charge on any atom is -0.339 e. The van der Waals surface area contributed by atoms with E-state index in [1.54, 1.807) is 11.0 Å². The maximum atomic E-state index is 13.4. The first-order valence-electron chi connectivity index (χ1n) is 15.7. The fourth-order valence-electron chi connectivity index (χ4n) is 6.95. The maximum Gasteiger partial charge on any atom is 0.416 e. The highest BCUT2D eigenvalue weighted by Crippen LogP contribution is 2.43. The molecular formula is C34H43F3N4O3. The SMILES string of the molecule is C=CCN(C(=O)NCc1ccc(C(F)(F)F)cc1)C1CCN(O[C@]2(c3ccccc3)CN(C(=O)C3CCCC3)C[C@@H]2C)CC1. The van der Waals surface area contributed by atoms with Gasteiger partial charge in [0.15, 0.2) is 0 Å². The van der Waals surface area contributed by atoms with Crippen LogP contribution in [0.4, 0.5) is 18.0 Å². The molecule has 1 N–H and O–H groups in total. The summed E-state index contributed by atoms with van der Waals surface area (Å²) in [6.45, 7) is 8.86. The summed E-state index contributed by atoms with van der Waals surface area (Å²) in [5.74, 6) is 0.462. The number of rotatable bonds is 9. The van der Waals surface area contributed by atoms with Gasteiger partial charge in [0.1, 0.15) is 5.60 Å². The number of hydroxylamine groups is 2. The number of carbonyl (C=O) groups excluding carboxylic acids is 2. The van der Waals surface area contributed by atoms with E-state index in [0.29, 0.717) is 51.1 Å². The summed E-state index contributed by atoms with van der Waals surface area (Å²) < 4.78 is 38.7. The highest BCUT2D eigenvalue weighted by molar-refractivity contribution is 5.79. The minimum atomic E-state index is -4.40. The third-order valence-corrected chi connectivity index (χ3v) is 9.46. The van der Waals surface area contributed by atoms with E-state index in [-0.39, 0.29) is 36.4 Å². The van der Waals surface area contributed by atoms with Crippen molar-refractivity contribution in [3.8, 4) is 0 Å². The number of urea groups is 1. The van der Waals surface area contributed by atoms with Gasteiger partial charge in [-0.05, 0) is 48.9 Å². The highest BCUT2D eigenvalue weighted by Gasteiger charge is 2.51. The number of likely N-dealkylation sites (tertiary alicyclic amines) is 1. The number of nitrogens with one attached hydrogen (secondary N) is 1. The molecular weight excluding hydrogens is 569 g/mol. The third-order valence-electron chi connectivity index (χ3n) is 9.46. The van der Waals surface area contributed by atoms with Crippen LogP contribution in [0, 0.1) is 11.8 Å². The van der Waals surface area contributed by atoms with Crippen LogP contribution in [0.1, 0.15) is 62.1 Å². The second-order valence-corrected chi connectivity index (χ2v) is 12.4. The molecule has 44 heavy (non-hydrogen) atoms. The first-order chi connectivity index (χ1) is 21.1. The largest absolute Gasteiger partial charge is 0.416 e. The van der Waals surface area contributed by atoms with Crippen LogP contribution in [0.5, 0.6) is 0 Å². The van der Waals surface area contributed by atoms with E-state index in [1.165, 1.54) is 12.1 Å². The number of halogens is 3. The first-order valence-corrected chi connectivity index (χ1v) is 15.7. The molecule has 2 aliphatic heterocycles. The predicted octanol–water partition coefficient (Wildman–Crippen LogP) is 6.36. The van der Waals surface area contributed by atoms with Gasteiger partial charge in [-0.1, -0.05) is 68.3 Å². The number of nitrogens with zero attached hydrogens (tertiary/aromatic N) is 3. The second-order valence-electron chi connectivity index (χ2n) is 12.4. The van der Waals surface area contributed by atoms with Gasteiger partial charge in [-0.25, -0.2) is 4.79 Å². The molecule has 0 radical (unpaired) electrons. The van der Waals surface area contributed by atoms with Crippen molar-refractivity contribution in [3.63, 3.8) is 0 Å². The zero-order valence-electron chi connectivity index (χ0n) is 25.4. The van der Waals surface area contributed by atoms with Gasteiger partial charge in [-0.15, -0.1) is 6.58 Å². The number of hydrogen-bond acceptors (Lipinski definition) is 4. The average molecular weight is 613 g/mol. The lowest BCUT2D eigenvalue weighted by molar-refractivity contribution is -0.268. The fourth-order valence-corrected chi connectivity index (χ4v) is 6.95. The number of alkyl halides is 3. The van der Waals surface area contributed by atoms with E-state index in [0.717, 1.165) is 43.4 Å². The van der Waals surface area contributed by atoms with Crippen LogP contribution in [0.3, 0.4) is 0 Å². The van der Waals surface area contributed by atoms with E-state index < -0.39 is 17.3 Å². The Morgan fingerprint density at radius 2 is 1.70 bits per heavy atom. The molecule has 2 atom stereocenters. The highest BCUT2D eigenvalue weighted by atomic mass is 19.4. The Morgan fingerprint density at radius 3 is 2.32 bits per heavy atom. The summed E-state index contributed by atoms with van der Waals surface area (Å²) in [7, 11) is 0. The smallest absolute Gasteiger partial charge is 0.339 e. The van der Waals surface area contributed by atoms with Gasteiger partial charge < -0.3 is 15.1 Å². The molecule has 0 spiro atoms. The Balaban J connectivity index is 1.21. The second kappa shape index (κ2) is 13.7. The summed E-state index contributed by atoms with van der Waals surface area (Å²) in [5.41, 5.74) is 0.282. The van der Waals surface area contributed by atoms with Crippen LogP contribution >= 0.6 is 0 Å². The molecule has 0 unspecified atom stereocenters. The number of benzene rings is 2. The van der Waals surface area contributed by atoms with E-state index in [9.17, 15) is 22.8 Å². The Kier molecular flexibility index (Phi) is 10.00. The summed E-state index contributed by atoms with van der Waals surface area (Å²) in [4.78, 5) is 37.2. The molecule has 5 rings (SSSR count). The Bertz CT molecular complexity index is 1270. The molecule has 0 bridgehead atoms. The summed E-state index contributed by atoms with van der Waals surface area (Å²) >= 11 is 0. The molecule has 2 aromatic rings. The molecule has 3 fully saturated rings. The molecule has 238 valence electrons. The zero-order chi connectivity index (χ0) is 31.3. The number of piperidine rings is 1. The summed E-state index contributed by atoms with van der Waals surface area (Å²) in [6, 6.07) is 14.7. The van der Waals surface area contributed by atoms with E-state index in [4.69, 9.17) is 4.84 Å². The number of carbonyl (C=O) groups is 2. The number of hydrogen-bond donors (Lipinski definition) is 1. The van der Waals surface area contributed by atoms with Gasteiger partial charge >= 0.3 is 12.2 Å². The normalized spacial score (nSPS) is 23.5. The van der Waals surface area contributed by atoms with Crippen LogP contribution in [0.25, 0.3) is 0 Å². The zero-order valence-corrected chi connectivity index (χ0v) is 25.4. The monoisotopic (exact) mass is 612 g/mol. The van der Waals surface area contributed by atoms with Crippen molar-refractivity contribution >= 4 is 11.9 Å². The molecule has 1 saturated carbocycles. The maximum absolute atomic E-state index is 13.4. The van der Waals surface area contributed by atoms with Crippen LogP contribution in [0.2, 0.25) is 0 Å². The van der Waals surface area contributed by atoms with Crippen molar-refractivity contribution in [2.75, 3.05) is 32.7 Å². The van der Waals surface area contributed by atoms with Crippen LogP contribution < -0.4 is 5.32 Å². The molecule has 1 aliphatic carbocycles. The van der Waals surface area contributed by atoms with Crippen molar-refractivity contribution < 1.29 is 27.6 Å². The Labute approximate surface area is 258 Å². The van der Waals surface area contributed by atoms with Crippen molar-refractivity contribution in [1.82, 2.24) is 20.2 Å². The predicted molar refractivity (Wildman–Crippen MR) is 162 cm³/mol. The lowest BCUT2D eigenvalue weighted by Crippen LogP contribution is -2.52. The number of amides is 3. The molecule has 2 aromatic carbocycles. The van der Waals surface area contributed by atoms with E-state index >= 15 is 0 Å². The van der Waals surface area contributed by atoms with Crippen molar-refractivity contribution in [3.05, 3.63) is 83.9 Å². The molecule has 2 heterocycles. The van der Waals surface area contributed by atoms with Crippen molar-refractivity contribution in [1.29, 1.82) is 0 Å².